The highest BCUT2D eigenvalue weighted by atomic mass is 32.2. The molecule has 1 aromatic heterocycles. The Labute approximate surface area is 162 Å². The van der Waals surface area contributed by atoms with Gasteiger partial charge in [-0.15, -0.1) is 0 Å². The zero-order chi connectivity index (χ0) is 19.7. The maximum atomic E-state index is 12.7. The van der Waals surface area contributed by atoms with E-state index in [4.69, 9.17) is 4.52 Å². The fourth-order valence-electron chi connectivity index (χ4n) is 2.86. The number of rotatable bonds is 7. The zero-order valence-electron chi connectivity index (χ0n) is 15.3. The fraction of sp³-hybridized carbons (Fsp3) is 0.250. The Morgan fingerprint density at radius 3 is 2.54 bits per heavy atom. The molecule has 7 nitrogen and oxygen atoms in total. The van der Waals surface area contributed by atoms with Gasteiger partial charge in [0.1, 0.15) is 0 Å². The Balaban J connectivity index is 1.56. The third-order valence-corrected chi connectivity index (χ3v) is 5.98. The Kier molecular flexibility index (Phi) is 4.72. The zero-order valence-corrected chi connectivity index (χ0v) is 16.1. The number of nitrogens with one attached hydrogen (secondary N) is 1. The lowest BCUT2D eigenvalue weighted by molar-refractivity contribution is 0.101. The van der Waals surface area contributed by atoms with Crippen LogP contribution in [0.25, 0.3) is 0 Å². The number of sulfonamides is 1. The SMILES string of the molecule is CC(=O)c1ccc(S(=O)(=O)Nc2ccccc2Cc2nc(C3CC3)no2)cc1. The summed E-state index contributed by atoms with van der Waals surface area (Å²) in [5, 5.41) is 4.00. The van der Waals surface area contributed by atoms with Crippen LogP contribution < -0.4 is 4.72 Å². The van der Waals surface area contributed by atoms with Gasteiger partial charge in [-0.25, -0.2) is 8.42 Å². The lowest BCUT2D eigenvalue weighted by Gasteiger charge is -2.12. The van der Waals surface area contributed by atoms with E-state index in [9.17, 15) is 13.2 Å². The molecule has 8 heteroatoms. The second-order valence-corrected chi connectivity index (χ2v) is 8.52. The van der Waals surface area contributed by atoms with Crippen molar-refractivity contribution in [3.8, 4) is 0 Å². The molecule has 1 aliphatic carbocycles. The first-order valence-electron chi connectivity index (χ1n) is 8.96. The minimum absolute atomic E-state index is 0.0844. The van der Waals surface area contributed by atoms with Gasteiger partial charge in [-0.05, 0) is 43.5 Å². The average molecular weight is 397 g/mol. The van der Waals surface area contributed by atoms with Crippen molar-refractivity contribution in [3.63, 3.8) is 0 Å². The number of anilines is 1. The summed E-state index contributed by atoms with van der Waals surface area (Å²) in [4.78, 5) is 15.9. The van der Waals surface area contributed by atoms with Crippen LogP contribution in [-0.4, -0.2) is 24.3 Å². The first-order chi connectivity index (χ1) is 13.4. The first kappa shape index (κ1) is 18.4. The van der Waals surface area contributed by atoms with Crippen LogP contribution in [-0.2, 0) is 16.4 Å². The largest absolute Gasteiger partial charge is 0.339 e. The summed E-state index contributed by atoms with van der Waals surface area (Å²) < 4.78 is 33.4. The third kappa shape index (κ3) is 3.96. The number of para-hydroxylation sites is 1. The van der Waals surface area contributed by atoms with Crippen LogP contribution in [0.4, 0.5) is 5.69 Å². The molecule has 144 valence electrons. The number of hydrogen-bond donors (Lipinski definition) is 1. The van der Waals surface area contributed by atoms with E-state index in [1.165, 1.54) is 31.2 Å². The lowest BCUT2D eigenvalue weighted by Crippen LogP contribution is -2.14. The van der Waals surface area contributed by atoms with Gasteiger partial charge in [-0.3, -0.25) is 9.52 Å². The van der Waals surface area contributed by atoms with E-state index in [1.807, 2.05) is 12.1 Å². The van der Waals surface area contributed by atoms with Gasteiger partial charge in [0.05, 0.1) is 17.0 Å². The smallest absolute Gasteiger partial charge is 0.261 e. The molecule has 0 radical (unpaired) electrons. The molecule has 0 saturated heterocycles. The van der Waals surface area contributed by atoms with Gasteiger partial charge in [0.25, 0.3) is 10.0 Å². The highest BCUT2D eigenvalue weighted by Crippen LogP contribution is 2.38. The van der Waals surface area contributed by atoms with Crippen molar-refractivity contribution in [1.29, 1.82) is 0 Å². The monoisotopic (exact) mass is 397 g/mol. The van der Waals surface area contributed by atoms with Gasteiger partial charge in [-0.1, -0.05) is 35.5 Å². The second kappa shape index (κ2) is 7.20. The average Bonchev–Trinajstić information content (AvgIpc) is 3.42. The summed E-state index contributed by atoms with van der Waals surface area (Å²) in [6.45, 7) is 1.43. The van der Waals surface area contributed by atoms with Crippen LogP contribution in [0, 0.1) is 0 Å². The highest BCUT2D eigenvalue weighted by molar-refractivity contribution is 7.92. The van der Waals surface area contributed by atoms with Gasteiger partial charge in [0.2, 0.25) is 5.89 Å². The van der Waals surface area contributed by atoms with Gasteiger partial charge < -0.3 is 4.52 Å². The maximum Gasteiger partial charge on any atom is 0.261 e. The summed E-state index contributed by atoms with van der Waals surface area (Å²) in [6.07, 6.45) is 2.50. The molecule has 0 amide bonds. The van der Waals surface area contributed by atoms with Crippen molar-refractivity contribution in [1.82, 2.24) is 10.1 Å². The number of carbonyl (C=O) groups is 1. The van der Waals surface area contributed by atoms with E-state index in [0.29, 0.717) is 29.5 Å². The molecular formula is C20H19N3O4S. The Morgan fingerprint density at radius 1 is 1.14 bits per heavy atom. The van der Waals surface area contributed by atoms with E-state index in [0.717, 1.165) is 24.2 Å². The predicted octanol–water partition coefficient (Wildman–Crippen LogP) is 3.54. The van der Waals surface area contributed by atoms with Crippen molar-refractivity contribution in [2.75, 3.05) is 4.72 Å². The fourth-order valence-corrected chi connectivity index (χ4v) is 3.96. The lowest BCUT2D eigenvalue weighted by atomic mass is 10.1. The summed E-state index contributed by atoms with van der Waals surface area (Å²) in [5.74, 6) is 1.45. The molecule has 0 unspecified atom stereocenters. The van der Waals surface area contributed by atoms with Crippen molar-refractivity contribution in [3.05, 3.63) is 71.4 Å². The van der Waals surface area contributed by atoms with Gasteiger partial charge in [0, 0.05) is 11.5 Å². The van der Waals surface area contributed by atoms with E-state index >= 15 is 0 Å². The van der Waals surface area contributed by atoms with E-state index < -0.39 is 10.0 Å². The molecule has 1 heterocycles. The van der Waals surface area contributed by atoms with Gasteiger partial charge >= 0.3 is 0 Å². The number of benzene rings is 2. The first-order valence-corrected chi connectivity index (χ1v) is 10.4. The van der Waals surface area contributed by atoms with Gasteiger partial charge in [0.15, 0.2) is 11.6 Å². The molecule has 1 saturated carbocycles. The number of aromatic nitrogens is 2. The highest BCUT2D eigenvalue weighted by Gasteiger charge is 2.29. The van der Waals surface area contributed by atoms with E-state index in [-0.39, 0.29) is 10.7 Å². The number of ketones is 1. The van der Waals surface area contributed by atoms with Crippen molar-refractivity contribution < 1.29 is 17.7 Å². The molecule has 0 spiro atoms. The van der Waals surface area contributed by atoms with Crippen molar-refractivity contribution in [2.45, 2.75) is 37.0 Å². The van der Waals surface area contributed by atoms with E-state index in [1.54, 1.807) is 12.1 Å². The Morgan fingerprint density at radius 2 is 1.86 bits per heavy atom. The molecule has 1 aliphatic rings. The quantitative estimate of drug-likeness (QED) is 0.612. The van der Waals surface area contributed by atoms with Crippen LogP contribution in [0.1, 0.15) is 53.3 Å². The maximum absolute atomic E-state index is 12.7. The van der Waals surface area contributed by atoms with Crippen LogP contribution in [0.3, 0.4) is 0 Å². The van der Waals surface area contributed by atoms with Crippen LogP contribution in [0.15, 0.2) is 57.9 Å². The second-order valence-electron chi connectivity index (χ2n) is 6.84. The standard InChI is InChI=1S/C20H19N3O4S/c1-13(24)14-8-10-17(11-9-14)28(25,26)23-18-5-3-2-4-16(18)12-19-21-20(22-27-19)15-6-7-15/h2-5,8-11,15,23H,6-7,12H2,1H3. The van der Waals surface area contributed by atoms with Crippen LogP contribution in [0.5, 0.6) is 0 Å². The molecule has 0 bridgehead atoms. The topological polar surface area (TPSA) is 102 Å². The summed E-state index contributed by atoms with van der Waals surface area (Å²) >= 11 is 0. The molecule has 0 atom stereocenters. The third-order valence-electron chi connectivity index (χ3n) is 4.60. The van der Waals surface area contributed by atoms with Crippen LogP contribution >= 0.6 is 0 Å². The molecular weight excluding hydrogens is 378 g/mol. The molecule has 3 aromatic rings. The molecule has 4 rings (SSSR count). The van der Waals surface area contributed by atoms with Gasteiger partial charge in [-0.2, -0.15) is 4.98 Å². The molecule has 0 aliphatic heterocycles. The molecule has 1 N–H and O–H groups in total. The Bertz CT molecular complexity index is 1120. The molecule has 1 fully saturated rings. The minimum atomic E-state index is -3.80. The normalized spacial score (nSPS) is 14.0. The van der Waals surface area contributed by atoms with Crippen molar-refractivity contribution in [2.24, 2.45) is 0 Å². The Hall–Kier alpha value is -3.00. The van der Waals surface area contributed by atoms with Crippen molar-refractivity contribution >= 4 is 21.5 Å². The molecule has 2 aromatic carbocycles. The number of Topliss-reactive ketones (excluding diaryl/α,β-unsaturated/α-hetero) is 1. The predicted molar refractivity (Wildman–Crippen MR) is 103 cm³/mol. The molecule has 28 heavy (non-hydrogen) atoms. The summed E-state index contributed by atoms with van der Waals surface area (Å²) in [7, 11) is -3.80. The number of carbonyl (C=O) groups excluding carboxylic acids is 1. The van der Waals surface area contributed by atoms with E-state index in [2.05, 4.69) is 14.9 Å². The van der Waals surface area contributed by atoms with Crippen LogP contribution in [0.2, 0.25) is 0 Å². The number of nitrogens with zero attached hydrogens (tertiary/aromatic N) is 2. The minimum Gasteiger partial charge on any atom is -0.339 e. The number of hydrogen-bond acceptors (Lipinski definition) is 6. The summed E-state index contributed by atoms with van der Waals surface area (Å²) in [6, 6.07) is 12.9. The summed E-state index contributed by atoms with van der Waals surface area (Å²) in [5.41, 5.74) is 1.64.